The van der Waals surface area contributed by atoms with Crippen LogP contribution in [0, 0.1) is 0 Å². The highest BCUT2D eigenvalue weighted by molar-refractivity contribution is 6.09. The fraction of sp³-hybridized carbons (Fsp3) is 0.444. The van der Waals surface area contributed by atoms with Crippen molar-refractivity contribution in [3.63, 3.8) is 0 Å². The quantitative estimate of drug-likeness (QED) is 0.590. The van der Waals surface area contributed by atoms with Gasteiger partial charge in [-0.25, -0.2) is 0 Å². The highest BCUT2D eigenvalue weighted by Crippen LogP contribution is 2.36. The molecule has 0 radical (unpaired) electrons. The summed E-state index contributed by atoms with van der Waals surface area (Å²) in [6.07, 6.45) is 2.64. The van der Waals surface area contributed by atoms with E-state index in [1.807, 2.05) is 45.0 Å². The van der Waals surface area contributed by atoms with Crippen molar-refractivity contribution in [2.24, 2.45) is 0 Å². The Labute approximate surface area is 131 Å². The predicted octanol–water partition coefficient (Wildman–Crippen LogP) is 3.97. The zero-order valence-electron chi connectivity index (χ0n) is 13.5. The number of ether oxygens (including phenoxy) is 1. The lowest BCUT2D eigenvalue weighted by atomic mass is 10.1. The molecule has 0 atom stereocenters. The van der Waals surface area contributed by atoms with Crippen LogP contribution in [0.4, 0.5) is 0 Å². The van der Waals surface area contributed by atoms with E-state index in [9.17, 15) is 9.59 Å². The van der Waals surface area contributed by atoms with E-state index >= 15 is 0 Å². The fourth-order valence-corrected chi connectivity index (χ4v) is 2.71. The van der Waals surface area contributed by atoms with Crippen LogP contribution in [0.25, 0.3) is 5.70 Å². The Bertz CT molecular complexity index is 604. The largest absolute Gasteiger partial charge is 0.429 e. The zero-order chi connectivity index (χ0) is 16.1. The van der Waals surface area contributed by atoms with Crippen molar-refractivity contribution in [3.8, 4) is 0 Å². The van der Waals surface area contributed by atoms with Gasteiger partial charge in [0, 0.05) is 30.5 Å². The number of hydrogen-bond acceptors (Lipinski definition) is 3. The van der Waals surface area contributed by atoms with E-state index in [1.165, 1.54) is 0 Å². The van der Waals surface area contributed by atoms with Gasteiger partial charge < -0.3 is 9.64 Å². The Hall–Kier alpha value is -2.10. The maximum absolute atomic E-state index is 12.5. The van der Waals surface area contributed by atoms with Gasteiger partial charge in [0.1, 0.15) is 5.76 Å². The van der Waals surface area contributed by atoms with E-state index in [0.29, 0.717) is 30.7 Å². The number of rotatable bonds is 6. The molecule has 118 valence electrons. The molecule has 2 rings (SSSR count). The van der Waals surface area contributed by atoms with Crippen molar-refractivity contribution >= 4 is 17.6 Å². The van der Waals surface area contributed by atoms with Crippen LogP contribution in [0.5, 0.6) is 0 Å². The third-order valence-corrected chi connectivity index (χ3v) is 3.68. The first-order valence-corrected chi connectivity index (χ1v) is 7.99. The Morgan fingerprint density at radius 3 is 2.27 bits per heavy atom. The number of fused-ring (bicyclic) bond motifs is 1. The third kappa shape index (κ3) is 3.06. The lowest BCUT2D eigenvalue weighted by Crippen LogP contribution is -2.24. The van der Waals surface area contributed by atoms with E-state index < -0.39 is 0 Å². The summed E-state index contributed by atoms with van der Waals surface area (Å²) in [7, 11) is 0. The SMILES string of the molecule is CCCC(=O)O/C(CCC)=C1\c2ccccc2C(=O)N1CC. The molecular formula is C18H23NO3. The molecule has 1 aromatic carbocycles. The molecule has 4 heteroatoms. The van der Waals surface area contributed by atoms with Gasteiger partial charge >= 0.3 is 5.97 Å². The van der Waals surface area contributed by atoms with Crippen LogP contribution in [0.2, 0.25) is 0 Å². The van der Waals surface area contributed by atoms with Gasteiger partial charge in [0.2, 0.25) is 0 Å². The highest BCUT2D eigenvalue weighted by atomic mass is 16.5. The summed E-state index contributed by atoms with van der Waals surface area (Å²) in [5.74, 6) is 0.362. The molecular weight excluding hydrogens is 278 g/mol. The number of allylic oxidation sites excluding steroid dienone is 1. The third-order valence-electron chi connectivity index (χ3n) is 3.68. The molecule has 0 bridgehead atoms. The second-order valence-electron chi connectivity index (χ2n) is 5.34. The van der Waals surface area contributed by atoms with E-state index in [4.69, 9.17) is 4.74 Å². The van der Waals surface area contributed by atoms with Gasteiger partial charge in [-0.05, 0) is 25.8 Å². The Morgan fingerprint density at radius 2 is 1.68 bits per heavy atom. The second kappa shape index (κ2) is 7.25. The Balaban J connectivity index is 2.50. The number of carbonyl (C=O) groups excluding carboxylic acids is 2. The minimum absolute atomic E-state index is 0.0201. The number of nitrogens with zero attached hydrogens (tertiary/aromatic N) is 1. The summed E-state index contributed by atoms with van der Waals surface area (Å²) in [5.41, 5.74) is 2.30. The number of benzene rings is 1. The summed E-state index contributed by atoms with van der Waals surface area (Å²) in [4.78, 5) is 26.1. The topological polar surface area (TPSA) is 46.6 Å². The predicted molar refractivity (Wildman–Crippen MR) is 86.0 cm³/mol. The minimum Gasteiger partial charge on any atom is -0.429 e. The number of hydrogen-bond donors (Lipinski definition) is 0. The van der Waals surface area contributed by atoms with Crippen molar-refractivity contribution in [2.45, 2.75) is 46.5 Å². The van der Waals surface area contributed by atoms with Gasteiger partial charge in [0.15, 0.2) is 0 Å². The Morgan fingerprint density at radius 1 is 1.05 bits per heavy atom. The molecule has 1 aliphatic heterocycles. The zero-order valence-corrected chi connectivity index (χ0v) is 13.5. The highest BCUT2D eigenvalue weighted by Gasteiger charge is 2.34. The van der Waals surface area contributed by atoms with Crippen molar-refractivity contribution in [3.05, 3.63) is 41.2 Å². The summed E-state index contributed by atoms with van der Waals surface area (Å²) in [6.45, 7) is 6.47. The minimum atomic E-state index is -0.230. The molecule has 1 aromatic rings. The molecule has 0 N–H and O–H groups in total. The van der Waals surface area contributed by atoms with Crippen LogP contribution >= 0.6 is 0 Å². The monoisotopic (exact) mass is 301 g/mol. The maximum atomic E-state index is 12.5. The Kier molecular flexibility index (Phi) is 5.36. The first-order chi connectivity index (χ1) is 10.6. The van der Waals surface area contributed by atoms with Gasteiger partial charge in [-0.1, -0.05) is 32.0 Å². The molecule has 0 fully saturated rings. The average molecular weight is 301 g/mol. The van der Waals surface area contributed by atoms with E-state index in [-0.39, 0.29) is 11.9 Å². The normalized spacial score (nSPS) is 15.8. The van der Waals surface area contributed by atoms with E-state index in [0.717, 1.165) is 24.1 Å². The molecule has 0 aromatic heterocycles. The number of carbonyl (C=O) groups is 2. The van der Waals surface area contributed by atoms with Crippen LogP contribution in [0.1, 0.15) is 62.4 Å². The van der Waals surface area contributed by atoms with Crippen molar-refractivity contribution in [2.75, 3.05) is 6.54 Å². The summed E-state index contributed by atoms with van der Waals surface area (Å²) in [6, 6.07) is 7.51. The van der Waals surface area contributed by atoms with Gasteiger partial charge in [-0.15, -0.1) is 0 Å². The molecule has 22 heavy (non-hydrogen) atoms. The van der Waals surface area contributed by atoms with Crippen LogP contribution < -0.4 is 0 Å². The average Bonchev–Trinajstić information content (AvgIpc) is 2.80. The molecule has 0 saturated carbocycles. The molecule has 4 nitrogen and oxygen atoms in total. The molecule has 0 unspecified atom stereocenters. The van der Waals surface area contributed by atoms with Crippen LogP contribution in [0.3, 0.4) is 0 Å². The van der Waals surface area contributed by atoms with Gasteiger partial charge in [-0.2, -0.15) is 0 Å². The molecule has 0 spiro atoms. The van der Waals surface area contributed by atoms with Gasteiger partial charge in [0.05, 0.1) is 5.70 Å². The molecule has 1 amide bonds. The summed E-state index contributed by atoms with van der Waals surface area (Å²) >= 11 is 0. The van der Waals surface area contributed by atoms with Crippen molar-refractivity contribution < 1.29 is 14.3 Å². The fourth-order valence-electron chi connectivity index (χ4n) is 2.71. The van der Waals surface area contributed by atoms with Crippen LogP contribution in [-0.4, -0.2) is 23.3 Å². The van der Waals surface area contributed by atoms with Crippen molar-refractivity contribution in [1.29, 1.82) is 0 Å². The molecule has 1 heterocycles. The van der Waals surface area contributed by atoms with Crippen LogP contribution in [-0.2, 0) is 9.53 Å². The lowest BCUT2D eigenvalue weighted by molar-refractivity contribution is -0.139. The van der Waals surface area contributed by atoms with Crippen molar-refractivity contribution in [1.82, 2.24) is 4.90 Å². The van der Waals surface area contributed by atoms with Gasteiger partial charge in [-0.3, -0.25) is 9.59 Å². The summed E-state index contributed by atoms with van der Waals surface area (Å²) < 4.78 is 5.60. The maximum Gasteiger partial charge on any atom is 0.310 e. The second-order valence-corrected chi connectivity index (χ2v) is 5.34. The smallest absolute Gasteiger partial charge is 0.310 e. The standard InChI is InChI=1S/C18H23NO3/c1-4-9-15(22-16(20)10-5-2)17-13-11-7-8-12-14(13)18(21)19(17)6-3/h7-8,11-12H,4-6,9-10H2,1-3H3/b17-15+. The number of amides is 1. The molecule has 0 aliphatic carbocycles. The first-order valence-electron chi connectivity index (χ1n) is 7.99. The first kappa shape index (κ1) is 16.3. The molecule has 0 saturated heterocycles. The lowest BCUT2D eigenvalue weighted by Gasteiger charge is -2.20. The van der Waals surface area contributed by atoms with Crippen LogP contribution in [0.15, 0.2) is 30.0 Å². The molecule has 1 aliphatic rings. The summed E-state index contributed by atoms with van der Waals surface area (Å²) in [5, 5.41) is 0. The van der Waals surface area contributed by atoms with E-state index in [1.54, 1.807) is 4.90 Å². The van der Waals surface area contributed by atoms with E-state index in [2.05, 4.69) is 0 Å². The van der Waals surface area contributed by atoms with Gasteiger partial charge in [0.25, 0.3) is 5.91 Å². The number of esters is 1.